The fourth-order valence-corrected chi connectivity index (χ4v) is 5.83. The molecule has 7 heteroatoms. The van der Waals surface area contributed by atoms with Crippen LogP contribution in [0.5, 0.6) is 0 Å². The fourth-order valence-electron chi connectivity index (χ4n) is 4.59. The van der Waals surface area contributed by atoms with Gasteiger partial charge in [0.25, 0.3) is 0 Å². The fraction of sp³-hybridized carbons (Fsp3) is 0.292. The number of rotatable bonds is 5. The zero-order valence-electron chi connectivity index (χ0n) is 17.1. The molecular weight excluding hydrogens is 422 g/mol. The Hall–Kier alpha value is -2.61. The van der Waals surface area contributed by atoms with E-state index in [2.05, 4.69) is 56.2 Å². The molecule has 0 N–H and O–H groups in total. The largest absolute Gasteiger partial charge is 0.297 e. The molecule has 4 aromatic rings. The molecule has 0 unspecified atom stereocenters. The second-order valence-corrected chi connectivity index (χ2v) is 9.62. The molecule has 1 fully saturated rings. The Morgan fingerprint density at radius 3 is 2.61 bits per heavy atom. The number of nitrogens with zero attached hydrogens (tertiary/aromatic N) is 5. The van der Waals surface area contributed by atoms with Crippen LogP contribution in [0, 0.1) is 4.77 Å². The SMILES string of the molecule is S=c1n(CN2CCc3sccc3[C@@H]2c2ccccc2)nc(-c2ccncc2)n1C1CC1. The molecule has 31 heavy (non-hydrogen) atoms. The second kappa shape index (κ2) is 7.82. The van der Waals surface area contributed by atoms with E-state index in [9.17, 15) is 0 Å². The van der Waals surface area contributed by atoms with Gasteiger partial charge in [0.15, 0.2) is 10.6 Å². The van der Waals surface area contributed by atoms with Crippen molar-refractivity contribution in [3.8, 4) is 11.4 Å². The van der Waals surface area contributed by atoms with Gasteiger partial charge in [-0.2, -0.15) is 5.10 Å². The maximum absolute atomic E-state index is 5.94. The first-order chi connectivity index (χ1) is 15.3. The Labute approximate surface area is 190 Å². The Morgan fingerprint density at radius 2 is 1.84 bits per heavy atom. The van der Waals surface area contributed by atoms with E-state index in [0.717, 1.165) is 29.1 Å². The van der Waals surface area contributed by atoms with Gasteiger partial charge in [-0.05, 0) is 66.2 Å². The van der Waals surface area contributed by atoms with Crippen molar-refractivity contribution in [2.45, 2.75) is 38.0 Å². The lowest BCUT2D eigenvalue weighted by Crippen LogP contribution is -2.37. The first-order valence-electron chi connectivity index (χ1n) is 10.7. The van der Waals surface area contributed by atoms with Crippen LogP contribution in [-0.2, 0) is 13.1 Å². The van der Waals surface area contributed by atoms with E-state index in [4.69, 9.17) is 17.3 Å². The minimum atomic E-state index is 0.230. The number of aromatic nitrogens is 4. The number of benzene rings is 1. The van der Waals surface area contributed by atoms with Crippen molar-refractivity contribution in [3.05, 3.63) is 87.1 Å². The molecular formula is C24H23N5S2. The summed E-state index contributed by atoms with van der Waals surface area (Å²) in [5, 5.41) is 7.24. The van der Waals surface area contributed by atoms with Crippen molar-refractivity contribution in [1.82, 2.24) is 24.2 Å². The molecule has 0 radical (unpaired) electrons. The van der Waals surface area contributed by atoms with Crippen LogP contribution < -0.4 is 0 Å². The third-order valence-corrected chi connectivity index (χ3v) is 7.62. The van der Waals surface area contributed by atoms with Crippen LogP contribution in [0.15, 0.2) is 66.3 Å². The molecule has 1 aliphatic carbocycles. The highest BCUT2D eigenvalue weighted by Crippen LogP contribution is 2.40. The topological polar surface area (TPSA) is 38.9 Å². The van der Waals surface area contributed by atoms with Gasteiger partial charge in [-0.3, -0.25) is 14.5 Å². The summed E-state index contributed by atoms with van der Waals surface area (Å²) in [6.45, 7) is 1.68. The quantitative estimate of drug-likeness (QED) is 0.382. The summed E-state index contributed by atoms with van der Waals surface area (Å²) < 4.78 is 5.09. The lowest BCUT2D eigenvalue weighted by molar-refractivity contribution is 0.156. The van der Waals surface area contributed by atoms with E-state index in [1.807, 2.05) is 40.5 Å². The van der Waals surface area contributed by atoms with Gasteiger partial charge < -0.3 is 0 Å². The van der Waals surface area contributed by atoms with Crippen molar-refractivity contribution < 1.29 is 0 Å². The van der Waals surface area contributed by atoms with Gasteiger partial charge in [0.2, 0.25) is 0 Å². The summed E-state index contributed by atoms with van der Waals surface area (Å²) in [4.78, 5) is 8.18. The summed E-state index contributed by atoms with van der Waals surface area (Å²) in [6.07, 6.45) is 7.06. The van der Waals surface area contributed by atoms with Crippen LogP contribution in [0.2, 0.25) is 0 Å². The van der Waals surface area contributed by atoms with Crippen molar-refractivity contribution >= 4 is 23.6 Å². The Bertz CT molecular complexity index is 1250. The first kappa shape index (κ1) is 19.1. The van der Waals surface area contributed by atoms with E-state index >= 15 is 0 Å². The molecule has 0 bridgehead atoms. The van der Waals surface area contributed by atoms with Gasteiger partial charge in [-0.25, -0.2) is 4.68 Å². The van der Waals surface area contributed by atoms with Crippen molar-refractivity contribution in [1.29, 1.82) is 0 Å². The minimum Gasteiger partial charge on any atom is -0.297 e. The number of fused-ring (bicyclic) bond motifs is 1. The maximum Gasteiger partial charge on any atom is 0.199 e. The van der Waals surface area contributed by atoms with Crippen molar-refractivity contribution in [2.75, 3.05) is 6.54 Å². The minimum absolute atomic E-state index is 0.230. The normalized spacial score (nSPS) is 18.8. The van der Waals surface area contributed by atoms with E-state index < -0.39 is 0 Å². The zero-order valence-corrected chi connectivity index (χ0v) is 18.7. The van der Waals surface area contributed by atoms with Crippen LogP contribution >= 0.6 is 23.6 Å². The van der Waals surface area contributed by atoms with E-state index in [1.54, 1.807) is 0 Å². The van der Waals surface area contributed by atoms with Gasteiger partial charge in [0.05, 0.1) is 12.7 Å². The molecule has 156 valence electrons. The van der Waals surface area contributed by atoms with Crippen molar-refractivity contribution in [2.24, 2.45) is 0 Å². The van der Waals surface area contributed by atoms with Crippen LogP contribution in [0.3, 0.4) is 0 Å². The molecule has 1 saturated carbocycles. The summed E-state index contributed by atoms with van der Waals surface area (Å²) in [7, 11) is 0. The third kappa shape index (κ3) is 3.46. The molecule has 0 spiro atoms. The van der Waals surface area contributed by atoms with Crippen LogP contribution in [0.1, 0.15) is 40.9 Å². The third-order valence-electron chi connectivity index (χ3n) is 6.22. The van der Waals surface area contributed by atoms with E-state index in [1.165, 1.54) is 28.8 Å². The van der Waals surface area contributed by atoms with Crippen LogP contribution in [0.25, 0.3) is 11.4 Å². The van der Waals surface area contributed by atoms with Gasteiger partial charge in [-0.1, -0.05) is 30.3 Å². The molecule has 3 aromatic heterocycles. The Morgan fingerprint density at radius 1 is 1.03 bits per heavy atom. The zero-order chi connectivity index (χ0) is 20.8. The number of thiophene rings is 1. The van der Waals surface area contributed by atoms with Gasteiger partial charge >= 0.3 is 0 Å². The molecule has 4 heterocycles. The summed E-state index contributed by atoms with van der Waals surface area (Å²) in [6, 6.07) is 17.8. The second-order valence-electron chi connectivity index (χ2n) is 8.26. The lowest BCUT2D eigenvalue weighted by atomic mass is 9.94. The van der Waals surface area contributed by atoms with Crippen LogP contribution in [-0.4, -0.2) is 30.8 Å². The summed E-state index contributed by atoms with van der Waals surface area (Å²) >= 11 is 7.81. The van der Waals surface area contributed by atoms with Gasteiger partial charge in [-0.15, -0.1) is 11.3 Å². The summed E-state index contributed by atoms with van der Waals surface area (Å²) in [5.74, 6) is 0.958. The smallest absolute Gasteiger partial charge is 0.199 e. The number of hydrogen-bond donors (Lipinski definition) is 0. The number of hydrogen-bond acceptors (Lipinski definition) is 5. The number of pyridine rings is 1. The lowest BCUT2D eigenvalue weighted by Gasteiger charge is -2.36. The monoisotopic (exact) mass is 445 g/mol. The molecule has 0 amide bonds. The Kier molecular flexibility index (Phi) is 4.82. The highest BCUT2D eigenvalue weighted by molar-refractivity contribution is 7.71. The average molecular weight is 446 g/mol. The Balaban J connectivity index is 1.40. The molecule has 6 rings (SSSR count). The highest BCUT2D eigenvalue weighted by atomic mass is 32.1. The van der Waals surface area contributed by atoms with Gasteiger partial charge in [0, 0.05) is 35.4 Å². The molecule has 1 atom stereocenters. The van der Waals surface area contributed by atoms with E-state index in [0.29, 0.717) is 12.7 Å². The molecule has 1 aromatic carbocycles. The first-order valence-corrected chi connectivity index (χ1v) is 12.0. The highest BCUT2D eigenvalue weighted by Gasteiger charge is 2.32. The summed E-state index contributed by atoms with van der Waals surface area (Å²) in [5.41, 5.74) is 3.82. The molecule has 0 saturated heterocycles. The van der Waals surface area contributed by atoms with E-state index in [-0.39, 0.29) is 6.04 Å². The average Bonchev–Trinajstić information content (AvgIpc) is 3.44. The van der Waals surface area contributed by atoms with Crippen molar-refractivity contribution in [3.63, 3.8) is 0 Å². The molecule has 2 aliphatic rings. The van der Waals surface area contributed by atoms with Gasteiger partial charge in [0.1, 0.15) is 0 Å². The standard InChI is InChI=1S/C24H23N5S2/c30-24-28(26-23(29(24)19-6-7-19)18-8-12-25-13-9-18)16-27-14-10-21-20(11-15-31-21)22(27)17-4-2-1-3-5-17/h1-5,8-9,11-13,15,19,22H,6-7,10,14,16H2/t22-/m0/s1. The molecule has 1 aliphatic heterocycles. The predicted octanol–water partition coefficient (Wildman–Crippen LogP) is 5.48. The molecule has 5 nitrogen and oxygen atoms in total. The predicted molar refractivity (Wildman–Crippen MR) is 126 cm³/mol. The van der Waals surface area contributed by atoms with Crippen LogP contribution in [0.4, 0.5) is 0 Å². The maximum atomic E-state index is 5.94.